The Kier molecular flexibility index (Phi) is 8.33. The molecule has 0 amide bonds. The van der Waals surface area contributed by atoms with Crippen LogP contribution in [0.3, 0.4) is 0 Å². The highest BCUT2D eigenvalue weighted by atomic mass is 35.5. The van der Waals surface area contributed by atoms with Crippen LogP contribution in [0.2, 0.25) is 5.02 Å². The molecule has 0 bridgehead atoms. The summed E-state index contributed by atoms with van der Waals surface area (Å²) in [6.45, 7) is 4.34. The maximum Gasteiger partial charge on any atom is 0.119 e. The molecule has 0 atom stereocenters. The van der Waals surface area contributed by atoms with Crippen molar-refractivity contribution in [3.63, 3.8) is 0 Å². The molecular formula is C20H26ClNO2. The number of unbranched alkanes of at least 4 members (excludes halogenated alkanes) is 3. The molecule has 0 fully saturated rings. The first kappa shape index (κ1) is 18.5. The Morgan fingerprint density at radius 3 is 2.08 bits per heavy atom. The molecule has 2 rings (SSSR count). The third kappa shape index (κ3) is 7.14. The molecule has 0 aliphatic heterocycles. The number of rotatable bonds is 11. The fourth-order valence-corrected chi connectivity index (χ4v) is 2.41. The number of hydrogen-bond acceptors (Lipinski definition) is 3. The predicted molar refractivity (Wildman–Crippen MR) is 102 cm³/mol. The fraction of sp³-hybridized carbons (Fsp3) is 0.400. The largest absolute Gasteiger partial charge is 0.494 e. The van der Waals surface area contributed by atoms with E-state index in [1.807, 2.05) is 48.5 Å². The molecule has 0 unspecified atom stereocenters. The van der Waals surface area contributed by atoms with Gasteiger partial charge in [0.15, 0.2) is 0 Å². The van der Waals surface area contributed by atoms with Crippen LogP contribution in [0.25, 0.3) is 0 Å². The standard InChI is InChI=1S/C20H26ClNO2/c1-2-3-4-5-15-23-20-12-8-18(9-13-20)22-14-16-24-19-10-6-17(21)7-11-19/h6-13,22H,2-5,14-16H2,1H3. The second kappa shape index (κ2) is 10.8. The molecule has 2 aromatic carbocycles. The van der Waals surface area contributed by atoms with E-state index in [0.717, 1.165) is 36.8 Å². The van der Waals surface area contributed by atoms with E-state index >= 15 is 0 Å². The molecule has 130 valence electrons. The lowest BCUT2D eigenvalue weighted by molar-refractivity contribution is 0.305. The molecule has 24 heavy (non-hydrogen) atoms. The molecule has 0 heterocycles. The van der Waals surface area contributed by atoms with Crippen LogP contribution in [0.4, 0.5) is 5.69 Å². The van der Waals surface area contributed by atoms with Crippen LogP contribution in [-0.4, -0.2) is 19.8 Å². The number of halogens is 1. The Morgan fingerprint density at radius 1 is 0.792 bits per heavy atom. The SMILES string of the molecule is CCCCCCOc1ccc(NCCOc2ccc(Cl)cc2)cc1. The van der Waals surface area contributed by atoms with Crippen LogP contribution in [0.1, 0.15) is 32.6 Å². The second-order valence-corrected chi connectivity index (χ2v) is 6.10. The Hall–Kier alpha value is -1.87. The average Bonchev–Trinajstić information content (AvgIpc) is 2.61. The summed E-state index contributed by atoms with van der Waals surface area (Å²) in [6.07, 6.45) is 4.89. The average molecular weight is 348 g/mol. The first-order valence-electron chi connectivity index (χ1n) is 8.63. The number of anilines is 1. The molecule has 0 aromatic heterocycles. The molecule has 0 aliphatic rings. The van der Waals surface area contributed by atoms with Gasteiger partial charge >= 0.3 is 0 Å². The van der Waals surface area contributed by atoms with Gasteiger partial charge in [-0.25, -0.2) is 0 Å². The topological polar surface area (TPSA) is 30.5 Å². The van der Waals surface area contributed by atoms with E-state index < -0.39 is 0 Å². The third-order valence-corrected chi connectivity index (χ3v) is 3.89. The van der Waals surface area contributed by atoms with Gasteiger partial charge in [0.05, 0.1) is 6.61 Å². The lowest BCUT2D eigenvalue weighted by Crippen LogP contribution is -2.11. The van der Waals surface area contributed by atoms with Crippen molar-refractivity contribution in [1.82, 2.24) is 0 Å². The van der Waals surface area contributed by atoms with Crippen molar-refractivity contribution >= 4 is 17.3 Å². The molecule has 0 aliphatic carbocycles. The van der Waals surface area contributed by atoms with E-state index in [0.29, 0.717) is 11.6 Å². The first-order valence-corrected chi connectivity index (χ1v) is 9.01. The Morgan fingerprint density at radius 2 is 1.42 bits per heavy atom. The van der Waals surface area contributed by atoms with Crippen LogP contribution in [0, 0.1) is 0 Å². The van der Waals surface area contributed by atoms with Crippen molar-refractivity contribution in [1.29, 1.82) is 0 Å². The van der Waals surface area contributed by atoms with Gasteiger partial charge in [0, 0.05) is 17.3 Å². The quantitative estimate of drug-likeness (QED) is 0.522. The Labute approximate surface area is 149 Å². The van der Waals surface area contributed by atoms with Crippen molar-refractivity contribution in [2.45, 2.75) is 32.6 Å². The highest BCUT2D eigenvalue weighted by molar-refractivity contribution is 6.30. The van der Waals surface area contributed by atoms with E-state index in [1.54, 1.807) is 0 Å². The molecule has 0 saturated heterocycles. The summed E-state index contributed by atoms with van der Waals surface area (Å²) >= 11 is 5.84. The maximum absolute atomic E-state index is 5.84. The number of benzene rings is 2. The van der Waals surface area contributed by atoms with Gasteiger partial charge in [-0.3, -0.25) is 0 Å². The van der Waals surface area contributed by atoms with Gasteiger partial charge in [0.25, 0.3) is 0 Å². The van der Waals surface area contributed by atoms with Crippen molar-refractivity contribution in [3.05, 3.63) is 53.6 Å². The first-order chi connectivity index (χ1) is 11.8. The molecule has 0 radical (unpaired) electrons. The smallest absolute Gasteiger partial charge is 0.119 e. The fourth-order valence-electron chi connectivity index (χ4n) is 2.28. The molecule has 0 saturated carbocycles. The van der Waals surface area contributed by atoms with Crippen molar-refractivity contribution < 1.29 is 9.47 Å². The van der Waals surface area contributed by atoms with E-state index in [1.165, 1.54) is 19.3 Å². The predicted octanol–water partition coefficient (Wildman–Crippen LogP) is 5.79. The normalized spacial score (nSPS) is 10.4. The van der Waals surface area contributed by atoms with E-state index in [-0.39, 0.29) is 0 Å². The van der Waals surface area contributed by atoms with Crippen LogP contribution in [-0.2, 0) is 0 Å². The molecule has 0 spiro atoms. The van der Waals surface area contributed by atoms with Crippen molar-refractivity contribution in [2.75, 3.05) is 25.1 Å². The van der Waals surface area contributed by atoms with Gasteiger partial charge < -0.3 is 14.8 Å². The zero-order valence-electron chi connectivity index (χ0n) is 14.3. The third-order valence-electron chi connectivity index (χ3n) is 3.63. The minimum Gasteiger partial charge on any atom is -0.494 e. The summed E-state index contributed by atoms with van der Waals surface area (Å²) in [5.41, 5.74) is 1.06. The highest BCUT2D eigenvalue weighted by Gasteiger charge is 1.97. The summed E-state index contributed by atoms with van der Waals surface area (Å²) in [4.78, 5) is 0. The summed E-state index contributed by atoms with van der Waals surface area (Å²) in [5, 5.41) is 4.05. The van der Waals surface area contributed by atoms with E-state index in [9.17, 15) is 0 Å². The summed E-state index contributed by atoms with van der Waals surface area (Å²) in [7, 11) is 0. The number of ether oxygens (including phenoxy) is 2. The van der Waals surface area contributed by atoms with E-state index in [2.05, 4.69) is 12.2 Å². The van der Waals surface area contributed by atoms with Gasteiger partial charge in [-0.05, 0) is 55.0 Å². The van der Waals surface area contributed by atoms with Crippen molar-refractivity contribution in [2.24, 2.45) is 0 Å². The molecular weight excluding hydrogens is 322 g/mol. The van der Waals surface area contributed by atoms with Gasteiger partial charge in [-0.15, -0.1) is 0 Å². The Bertz CT molecular complexity index is 569. The van der Waals surface area contributed by atoms with Gasteiger partial charge in [0.1, 0.15) is 18.1 Å². The molecule has 4 heteroatoms. The number of nitrogens with one attached hydrogen (secondary N) is 1. The number of hydrogen-bond donors (Lipinski definition) is 1. The minimum absolute atomic E-state index is 0.595. The second-order valence-electron chi connectivity index (χ2n) is 5.66. The van der Waals surface area contributed by atoms with Crippen LogP contribution >= 0.6 is 11.6 Å². The van der Waals surface area contributed by atoms with Crippen LogP contribution in [0.15, 0.2) is 48.5 Å². The van der Waals surface area contributed by atoms with Gasteiger partial charge in [0.2, 0.25) is 0 Å². The lowest BCUT2D eigenvalue weighted by atomic mass is 10.2. The molecule has 3 nitrogen and oxygen atoms in total. The zero-order chi connectivity index (χ0) is 17.0. The summed E-state index contributed by atoms with van der Waals surface area (Å²) in [5.74, 6) is 1.75. The zero-order valence-corrected chi connectivity index (χ0v) is 15.0. The lowest BCUT2D eigenvalue weighted by Gasteiger charge is -2.10. The van der Waals surface area contributed by atoms with Gasteiger partial charge in [-0.2, -0.15) is 0 Å². The molecule has 2 aromatic rings. The maximum atomic E-state index is 5.84. The summed E-state index contributed by atoms with van der Waals surface area (Å²) in [6, 6.07) is 15.5. The molecule has 1 N–H and O–H groups in total. The summed E-state index contributed by atoms with van der Waals surface area (Å²) < 4.78 is 11.4. The highest BCUT2D eigenvalue weighted by Crippen LogP contribution is 2.17. The minimum atomic E-state index is 0.595. The van der Waals surface area contributed by atoms with Gasteiger partial charge in [-0.1, -0.05) is 37.8 Å². The van der Waals surface area contributed by atoms with Crippen molar-refractivity contribution in [3.8, 4) is 11.5 Å². The van der Waals surface area contributed by atoms with Crippen LogP contribution < -0.4 is 14.8 Å². The Balaban J connectivity index is 1.62. The van der Waals surface area contributed by atoms with E-state index in [4.69, 9.17) is 21.1 Å². The van der Waals surface area contributed by atoms with Crippen LogP contribution in [0.5, 0.6) is 11.5 Å². The monoisotopic (exact) mass is 347 g/mol.